The van der Waals surface area contributed by atoms with Crippen molar-refractivity contribution < 1.29 is 0 Å². The smallest absolute Gasteiger partial charge is 0.0775 e. The van der Waals surface area contributed by atoms with Crippen LogP contribution in [0.15, 0.2) is 42.5 Å². The van der Waals surface area contributed by atoms with E-state index in [2.05, 4.69) is 67.9 Å². The molecule has 0 aliphatic carbocycles. The van der Waals surface area contributed by atoms with Crippen LogP contribution >= 0.6 is 8.73 Å². The van der Waals surface area contributed by atoms with Gasteiger partial charge in [-0.25, -0.2) is 0 Å². The van der Waals surface area contributed by atoms with Crippen molar-refractivity contribution in [2.75, 3.05) is 4.67 Å². The van der Waals surface area contributed by atoms with Crippen LogP contribution in [0.4, 0.5) is 5.69 Å². The molecule has 0 amide bonds. The van der Waals surface area contributed by atoms with Crippen LogP contribution in [0.5, 0.6) is 0 Å². The van der Waals surface area contributed by atoms with Gasteiger partial charge in [-0.15, -0.1) is 0 Å². The highest BCUT2D eigenvalue weighted by Crippen LogP contribution is 2.50. The van der Waals surface area contributed by atoms with E-state index in [4.69, 9.17) is 0 Å². The number of allylic oxidation sites excluding steroid dienone is 1. The highest BCUT2D eigenvalue weighted by atomic mass is 31.1. The Labute approximate surface area is 128 Å². The normalized spacial score (nSPS) is 20.0. The number of benzene rings is 2. The van der Waals surface area contributed by atoms with Crippen LogP contribution in [0.3, 0.4) is 0 Å². The van der Waals surface area contributed by atoms with Gasteiger partial charge in [-0.3, -0.25) is 0 Å². The van der Waals surface area contributed by atoms with Crippen molar-refractivity contribution in [1.29, 1.82) is 0 Å². The Morgan fingerprint density at radius 1 is 1.14 bits per heavy atom. The molecule has 0 bridgehead atoms. The van der Waals surface area contributed by atoms with Gasteiger partial charge < -0.3 is 4.67 Å². The Kier molecular flexibility index (Phi) is 2.94. The zero-order valence-corrected chi connectivity index (χ0v) is 13.8. The van der Waals surface area contributed by atoms with Gasteiger partial charge in [0.1, 0.15) is 0 Å². The molecule has 2 aliphatic rings. The maximum absolute atomic E-state index is 2.59. The molecule has 0 fully saturated rings. The number of rotatable bonds is 1. The zero-order chi connectivity index (χ0) is 14.6. The van der Waals surface area contributed by atoms with Crippen LogP contribution in [-0.2, 0) is 6.42 Å². The molecule has 2 aromatic rings. The Bertz CT molecular complexity index is 760. The van der Waals surface area contributed by atoms with Crippen molar-refractivity contribution in [2.24, 2.45) is 0 Å². The predicted octanol–water partition coefficient (Wildman–Crippen LogP) is 4.75. The van der Waals surface area contributed by atoms with Gasteiger partial charge in [-0.2, -0.15) is 0 Å². The molecule has 0 spiro atoms. The van der Waals surface area contributed by atoms with Crippen molar-refractivity contribution in [3.63, 3.8) is 0 Å². The minimum atomic E-state index is 0.429. The Balaban J connectivity index is 1.92. The maximum Gasteiger partial charge on any atom is 0.0775 e. The molecule has 0 radical (unpaired) electrons. The fourth-order valence-corrected chi connectivity index (χ4v) is 5.24. The number of anilines is 1. The van der Waals surface area contributed by atoms with Gasteiger partial charge in [0.25, 0.3) is 0 Å². The van der Waals surface area contributed by atoms with Gasteiger partial charge in [0.2, 0.25) is 0 Å². The van der Waals surface area contributed by atoms with Gasteiger partial charge in [0, 0.05) is 25.3 Å². The number of hydrogen-bond donors (Lipinski definition) is 0. The van der Waals surface area contributed by atoms with Gasteiger partial charge in [-0.05, 0) is 43.0 Å². The van der Waals surface area contributed by atoms with Crippen LogP contribution in [0, 0.1) is 6.92 Å². The van der Waals surface area contributed by atoms with Gasteiger partial charge in [0.15, 0.2) is 0 Å². The molecule has 4 rings (SSSR count). The molecule has 0 N–H and O–H groups in total. The summed E-state index contributed by atoms with van der Waals surface area (Å²) in [6.45, 7) is 6.73. The monoisotopic (exact) mass is 293 g/mol. The zero-order valence-electron chi connectivity index (χ0n) is 12.8. The standard InChI is InChI=1S/C19H20NP/c1-4-14-9-12(2)10-16-18-11-13(3)15-7-5-6-8-17(15)20(18)21-19(14)16/h5-11,18,21H,4H2,1-3H3. The van der Waals surface area contributed by atoms with E-state index in [9.17, 15) is 0 Å². The molecule has 2 heteroatoms. The van der Waals surface area contributed by atoms with Crippen LogP contribution in [0.1, 0.15) is 42.1 Å². The van der Waals surface area contributed by atoms with Gasteiger partial charge in [0.05, 0.1) is 6.04 Å². The number of nitrogens with zero attached hydrogens (tertiary/aromatic N) is 1. The van der Waals surface area contributed by atoms with Crippen LogP contribution in [-0.4, -0.2) is 0 Å². The third-order valence-electron chi connectivity index (χ3n) is 4.60. The first kappa shape index (κ1) is 13.1. The molecule has 0 aromatic heterocycles. The molecule has 2 aromatic carbocycles. The number of fused-ring (bicyclic) bond motifs is 5. The summed E-state index contributed by atoms with van der Waals surface area (Å²) in [5, 5.41) is 1.58. The van der Waals surface area contributed by atoms with Crippen molar-refractivity contribution in [1.82, 2.24) is 0 Å². The Morgan fingerprint density at radius 2 is 1.95 bits per heavy atom. The van der Waals surface area contributed by atoms with E-state index < -0.39 is 0 Å². The molecule has 2 aliphatic heterocycles. The molecule has 2 unspecified atom stereocenters. The minimum Gasteiger partial charge on any atom is -0.338 e. The highest BCUT2D eigenvalue weighted by molar-refractivity contribution is 7.50. The largest absolute Gasteiger partial charge is 0.338 e. The Morgan fingerprint density at radius 3 is 2.76 bits per heavy atom. The van der Waals surface area contributed by atoms with Crippen LogP contribution in [0.25, 0.3) is 5.57 Å². The molecule has 2 heterocycles. The molecule has 0 saturated carbocycles. The fourth-order valence-electron chi connectivity index (χ4n) is 3.59. The lowest BCUT2D eigenvalue weighted by molar-refractivity contribution is 0.914. The summed E-state index contributed by atoms with van der Waals surface area (Å²) >= 11 is 0. The third-order valence-corrected chi connectivity index (χ3v) is 6.19. The van der Waals surface area contributed by atoms with E-state index in [0.29, 0.717) is 6.04 Å². The summed E-state index contributed by atoms with van der Waals surface area (Å²) < 4.78 is 2.59. The molecule has 2 atom stereocenters. The van der Waals surface area contributed by atoms with E-state index in [1.165, 1.54) is 33.5 Å². The first-order valence-corrected chi connectivity index (χ1v) is 8.61. The second-order valence-electron chi connectivity index (χ2n) is 6.04. The third kappa shape index (κ3) is 1.88. The van der Waals surface area contributed by atoms with Crippen molar-refractivity contribution in [2.45, 2.75) is 33.2 Å². The fraction of sp³-hybridized carbons (Fsp3) is 0.263. The van der Waals surface area contributed by atoms with Crippen molar-refractivity contribution in [3.8, 4) is 0 Å². The van der Waals surface area contributed by atoms with E-state index in [1.807, 2.05) is 0 Å². The molecule has 0 saturated heterocycles. The van der Waals surface area contributed by atoms with Crippen molar-refractivity contribution in [3.05, 3.63) is 64.7 Å². The summed E-state index contributed by atoms with van der Waals surface area (Å²) in [5.74, 6) is 0. The minimum absolute atomic E-state index is 0.429. The van der Waals surface area contributed by atoms with Crippen molar-refractivity contribution >= 4 is 25.3 Å². The SMILES string of the molecule is CCc1cc(C)cc2c1PN1c3ccccc3C(C)=CC21. The summed E-state index contributed by atoms with van der Waals surface area (Å²) in [4.78, 5) is 0. The first-order chi connectivity index (χ1) is 10.2. The average molecular weight is 293 g/mol. The second-order valence-corrected chi connectivity index (χ2v) is 7.24. The highest BCUT2D eigenvalue weighted by Gasteiger charge is 2.34. The quantitative estimate of drug-likeness (QED) is 0.686. The lowest BCUT2D eigenvalue weighted by Gasteiger charge is -2.31. The number of para-hydroxylation sites is 1. The van der Waals surface area contributed by atoms with E-state index >= 15 is 0 Å². The topological polar surface area (TPSA) is 3.24 Å². The number of hydrogen-bond acceptors (Lipinski definition) is 1. The predicted molar refractivity (Wildman–Crippen MR) is 93.8 cm³/mol. The first-order valence-electron chi connectivity index (χ1n) is 7.66. The average Bonchev–Trinajstić information content (AvgIpc) is 2.86. The second kappa shape index (κ2) is 4.71. The van der Waals surface area contributed by atoms with E-state index in [1.54, 1.807) is 5.30 Å². The van der Waals surface area contributed by atoms with E-state index in [0.717, 1.165) is 15.2 Å². The maximum atomic E-state index is 2.59. The molecule has 106 valence electrons. The molecule has 21 heavy (non-hydrogen) atoms. The lowest BCUT2D eigenvalue weighted by atomic mass is 9.92. The summed E-state index contributed by atoms with van der Waals surface area (Å²) in [6, 6.07) is 14.0. The number of aryl methyl sites for hydroxylation is 2. The van der Waals surface area contributed by atoms with Gasteiger partial charge in [-0.1, -0.05) is 48.9 Å². The summed E-state index contributed by atoms with van der Waals surface area (Å²) in [5.41, 5.74) is 8.65. The Hall–Kier alpha value is -1.59. The van der Waals surface area contributed by atoms with E-state index in [-0.39, 0.29) is 0 Å². The van der Waals surface area contributed by atoms with Gasteiger partial charge >= 0.3 is 0 Å². The lowest BCUT2D eigenvalue weighted by Crippen LogP contribution is -2.18. The molecule has 1 nitrogen and oxygen atoms in total. The van der Waals surface area contributed by atoms with Crippen LogP contribution in [0.2, 0.25) is 0 Å². The molecular formula is C19H20NP. The summed E-state index contributed by atoms with van der Waals surface area (Å²) in [7, 11) is 0.757. The summed E-state index contributed by atoms with van der Waals surface area (Å²) in [6.07, 6.45) is 3.57. The van der Waals surface area contributed by atoms with Crippen LogP contribution < -0.4 is 9.97 Å². The molecular weight excluding hydrogens is 273 g/mol.